The van der Waals surface area contributed by atoms with Gasteiger partial charge in [-0.3, -0.25) is 9.69 Å². The standard InChI is InChI=1S/C21H41N3O2/c1-6-17(3)16-24-10-8-23(9-11-24)12-13-26-20-14-19(15-20)22(5)21(25)18(4)7-2/h17-20H,6-16H2,1-5H3. The predicted molar refractivity (Wildman–Crippen MR) is 107 cm³/mol. The summed E-state index contributed by atoms with van der Waals surface area (Å²) in [7, 11) is 1.95. The van der Waals surface area contributed by atoms with Gasteiger partial charge in [0.25, 0.3) is 0 Å². The molecule has 0 spiro atoms. The molecule has 1 saturated carbocycles. The van der Waals surface area contributed by atoms with E-state index in [1.807, 2.05) is 18.9 Å². The quantitative estimate of drug-likeness (QED) is 0.595. The molecule has 1 saturated heterocycles. The second kappa shape index (κ2) is 10.6. The second-order valence-corrected chi connectivity index (χ2v) is 8.53. The smallest absolute Gasteiger partial charge is 0.225 e. The Balaban J connectivity index is 1.54. The lowest BCUT2D eigenvalue weighted by atomic mass is 9.87. The van der Waals surface area contributed by atoms with Crippen LogP contribution in [0.25, 0.3) is 0 Å². The van der Waals surface area contributed by atoms with Gasteiger partial charge in [0.2, 0.25) is 5.91 Å². The Morgan fingerprint density at radius 2 is 1.69 bits per heavy atom. The summed E-state index contributed by atoms with van der Waals surface area (Å²) in [4.78, 5) is 19.3. The lowest BCUT2D eigenvalue weighted by Gasteiger charge is -2.42. The van der Waals surface area contributed by atoms with Crippen LogP contribution in [0, 0.1) is 11.8 Å². The molecule has 0 aromatic heterocycles. The molecule has 2 rings (SSSR count). The van der Waals surface area contributed by atoms with Gasteiger partial charge in [0, 0.05) is 58.3 Å². The Morgan fingerprint density at radius 1 is 1.08 bits per heavy atom. The van der Waals surface area contributed by atoms with Crippen molar-refractivity contribution >= 4 is 5.91 Å². The van der Waals surface area contributed by atoms with E-state index >= 15 is 0 Å². The van der Waals surface area contributed by atoms with Gasteiger partial charge in [0.05, 0.1) is 12.7 Å². The largest absolute Gasteiger partial charge is 0.377 e. The lowest BCUT2D eigenvalue weighted by Crippen LogP contribution is -2.51. The van der Waals surface area contributed by atoms with Crippen LogP contribution in [0.1, 0.15) is 53.4 Å². The number of hydrogen-bond donors (Lipinski definition) is 0. The summed E-state index contributed by atoms with van der Waals surface area (Å²) in [5, 5.41) is 0. The number of carbonyl (C=O) groups is 1. The van der Waals surface area contributed by atoms with Crippen LogP contribution < -0.4 is 0 Å². The van der Waals surface area contributed by atoms with Crippen LogP contribution in [0.4, 0.5) is 0 Å². The molecule has 0 aromatic rings. The summed E-state index contributed by atoms with van der Waals surface area (Å²) in [6.07, 6.45) is 4.54. The third-order valence-corrected chi connectivity index (χ3v) is 6.49. The molecule has 0 N–H and O–H groups in total. The zero-order valence-electron chi connectivity index (χ0n) is 17.7. The fourth-order valence-corrected chi connectivity index (χ4v) is 3.81. The third kappa shape index (κ3) is 6.21. The molecule has 1 aliphatic carbocycles. The highest BCUT2D eigenvalue weighted by molar-refractivity contribution is 5.78. The highest BCUT2D eigenvalue weighted by Crippen LogP contribution is 2.28. The molecule has 152 valence electrons. The molecule has 1 heterocycles. The zero-order valence-corrected chi connectivity index (χ0v) is 17.7. The average Bonchev–Trinajstić information content (AvgIpc) is 2.62. The van der Waals surface area contributed by atoms with Crippen molar-refractivity contribution in [1.82, 2.24) is 14.7 Å². The highest BCUT2D eigenvalue weighted by atomic mass is 16.5. The summed E-state index contributed by atoms with van der Waals surface area (Å²) in [6.45, 7) is 16.6. The topological polar surface area (TPSA) is 36.0 Å². The van der Waals surface area contributed by atoms with E-state index in [4.69, 9.17) is 4.74 Å². The van der Waals surface area contributed by atoms with Crippen LogP contribution in [-0.2, 0) is 9.53 Å². The van der Waals surface area contributed by atoms with E-state index in [1.54, 1.807) is 0 Å². The van der Waals surface area contributed by atoms with E-state index in [0.717, 1.165) is 38.3 Å². The molecular weight excluding hydrogens is 326 g/mol. The first-order valence-electron chi connectivity index (χ1n) is 10.8. The number of piperazine rings is 1. The summed E-state index contributed by atoms with van der Waals surface area (Å²) < 4.78 is 6.04. The van der Waals surface area contributed by atoms with Crippen molar-refractivity contribution in [2.75, 3.05) is 52.9 Å². The normalized spacial score (nSPS) is 27.0. The molecule has 2 atom stereocenters. The van der Waals surface area contributed by atoms with Gasteiger partial charge in [0.15, 0.2) is 0 Å². The second-order valence-electron chi connectivity index (χ2n) is 8.53. The molecule has 0 radical (unpaired) electrons. The Labute approximate surface area is 161 Å². The van der Waals surface area contributed by atoms with Gasteiger partial charge in [0.1, 0.15) is 0 Å². The van der Waals surface area contributed by atoms with Crippen molar-refractivity contribution in [1.29, 1.82) is 0 Å². The summed E-state index contributed by atoms with van der Waals surface area (Å²) in [6, 6.07) is 0.380. The van der Waals surface area contributed by atoms with Crippen LogP contribution >= 0.6 is 0 Å². The zero-order chi connectivity index (χ0) is 19.1. The van der Waals surface area contributed by atoms with Crippen LogP contribution in [-0.4, -0.2) is 85.7 Å². The van der Waals surface area contributed by atoms with Crippen molar-refractivity contribution in [3.63, 3.8) is 0 Å². The molecule has 26 heavy (non-hydrogen) atoms. The van der Waals surface area contributed by atoms with Crippen LogP contribution in [0.3, 0.4) is 0 Å². The number of nitrogens with zero attached hydrogens (tertiary/aromatic N) is 3. The third-order valence-electron chi connectivity index (χ3n) is 6.49. The summed E-state index contributed by atoms with van der Waals surface area (Å²) in [5.74, 6) is 1.23. The number of hydrogen-bond acceptors (Lipinski definition) is 4. The van der Waals surface area contributed by atoms with Crippen LogP contribution in [0.5, 0.6) is 0 Å². The van der Waals surface area contributed by atoms with E-state index in [-0.39, 0.29) is 11.8 Å². The van der Waals surface area contributed by atoms with Crippen molar-refractivity contribution in [2.24, 2.45) is 11.8 Å². The average molecular weight is 368 g/mol. The van der Waals surface area contributed by atoms with E-state index in [1.165, 1.54) is 39.1 Å². The number of carbonyl (C=O) groups excluding carboxylic acids is 1. The van der Waals surface area contributed by atoms with E-state index < -0.39 is 0 Å². The van der Waals surface area contributed by atoms with Gasteiger partial charge >= 0.3 is 0 Å². The number of rotatable bonds is 10. The first kappa shape index (κ1) is 21.6. The van der Waals surface area contributed by atoms with E-state index in [9.17, 15) is 4.79 Å². The van der Waals surface area contributed by atoms with E-state index in [2.05, 4.69) is 30.6 Å². The fourth-order valence-electron chi connectivity index (χ4n) is 3.81. The monoisotopic (exact) mass is 367 g/mol. The number of amides is 1. The summed E-state index contributed by atoms with van der Waals surface area (Å²) in [5.41, 5.74) is 0. The minimum Gasteiger partial charge on any atom is -0.377 e. The molecule has 2 fully saturated rings. The van der Waals surface area contributed by atoms with Gasteiger partial charge in [-0.1, -0.05) is 34.1 Å². The van der Waals surface area contributed by atoms with Crippen LogP contribution in [0.2, 0.25) is 0 Å². The lowest BCUT2D eigenvalue weighted by molar-refractivity contribution is -0.141. The molecule has 1 aliphatic heterocycles. The van der Waals surface area contributed by atoms with E-state index in [0.29, 0.717) is 12.1 Å². The molecule has 5 heteroatoms. The Morgan fingerprint density at radius 3 is 2.27 bits per heavy atom. The molecule has 2 unspecified atom stereocenters. The minimum absolute atomic E-state index is 0.138. The highest BCUT2D eigenvalue weighted by Gasteiger charge is 2.35. The van der Waals surface area contributed by atoms with Gasteiger partial charge in [-0.05, 0) is 25.2 Å². The summed E-state index contributed by atoms with van der Waals surface area (Å²) >= 11 is 0. The Bertz CT molecular complexity index is 417. The SMILES string of the molecule is CCC(C)CN1CCN(CCOC2CC(N(C)C(=O)C(C)CC)C2)CC1. The van der Waals surface area contributed by atoms with Gasteiger partial charge in [-0.15, -0.1) is 0 Å². The van der Waals surface area contributed by atoms with Crippen molar-refractivity contribution in [3.05, 3.63) is 0 Å². The predicted octanol–water partition coefficient (Wildman–Crippen LogP) is 2.70. The number of ether oxygens (including phenoxy) is 1. The molecule has 5 nitrogen and oxygen atoms in total. The fraction of sp³-hybridized carbons (Fsp3) is 0.952. The molecule has 2 aliphatic rings. The Hall–Kier alpha value is -0.650. The first-order valence-corrected chi connectivity index (χ1v) is 10.8. The maximum absolute atomic E-state index is 12.2. The minimum atomic E-state index is 0.138. The maximum Gasteiger partial charge on any atom is 0.225 e. The maximum atomic E-state index is 12.2. The van der Waals surface area contributed by atoms with Gasteiger partial charge in [-0.25, -0.2) is 0 Å². The van der Waals surface area contributed by atoms with Gasteiger partial charge in [-0.2, -0.15) is 0 Å². The first-order chi connectivity index (χ1) is 12.4. The van der Waals surface area contributed by atoms with Crippen LogP contribution in [0.15, 0.2) is 0 Å². The van der Waals surface area contributed by atoms with Gasteiger partial charge < -0.3 is 14.5 Å². The van der Waals surface area contributed by atoms with Crippen molar-refractivity contribution in [2.45, 2.75) is 65.5 Å². The molecule has 0 bridgehead atoms. The molecular formula is C21H41N3O2. The molecule has 1 amide bonds. The molecule has 0 aromatic carbocycles. The van der Waals surface area contributed by atoms with Crippen molar-refractivity contribution in [3.8, 4) is 0 Å². The Kier molecular flexibility index (Phi) is 8.85. The van der Waals surface area contributed by atoms with Crippen molar-refractivity contribution < 1.29 is 9.53 Å².